The van der Waals surface area contributed by atoms with Crippen molar-refractivity contribution >= 4 is 0 Å². The zero-order valence-electron chi connectivity index (χ0n) is 12.1. The molecular formula is C15H31NO2. The maximum absolute atomic E-state index is 8.72. The van der Waals surface area contributed by atoms with E-state index in [1.807, 2.05) is 0 Å². The van der Waals surface area contributed by atoms with Crippen molar-refractivity contribution in [2.75, 3.05) is 32.8 Å². The summed E-state index contributed by atoms with van der Waals surface area (Å²) in [6, 6.07) is 0. The first-order chi connectivity index (χ1) is 8.86. The molecule has 0 aliphatic carbocycles. The molecule has 0 radical (unpaired) electrons. The Hall–Kier alpha value is -0.120. The van der Waals surface area contributed by atoms with Crippen molar-refractivity contribution in [2.45, 2.75) is 64.4 Å². The van der Waals surface area contributed by atoms with Crippen LogP contribution in [0.3, 0.4) is 0 Å². The lowest BCUT2D eigenvalue weighted by Crippen LogP contribution is -2.37. The Morgan fingerprint density at radius 1 is 1.06 bits per heavy atom. The van der Waals surface area contributed by atoms with Gasteiger partial charge in [0.2, 0.25) is 0 Å². The minimum atomic E-state index is 0.151. The van der Waals surface area contributed by atoms with E-state index in [4.69, 9.17) is 9.84 Å². The number of piperidine rings is 1. The molecule has 1 saturated heterocycles. The van der Waals surface area contributed by atoms with E-state index in [1.54, 1.807) is 0 Å². The van der Waals surface area contributed by atoms with Crippen LogP contribution in [0.5, 0.6) is 0 Å². The Kier molecular flexibility index (Phi) is 9.54. The van der Waals surface area contributed by atoms with Crippen LogP contribution in [0.2, 0.25) is 0 Å². The van der Waals surface area contributed by atoms with E-state index in [-0.39, 0.29) is 6.61 Å². The van der Waals surface area contributed by atoms with Gasteiger partial charge in [0.05, 0.1) is 19.3 Å². The molecule has 0 aromatic carbocycles. The number of ether oxygens (including phenoxy) is 1. The first kappa shape index (κ1) is 15.9. The standard InChI is InChI=1S/C15H31NO2/c1-2-3-4-5-6-7-10-16-11-8-15(9-12-16)18-14-13-17/h15,17H,2-14H2,1H3. The fourth-order valence-corrected chi connectivity index (χ4v) is 2.63. The van der Waals surface area contributed by atoms with E-state index in [0.717, 1.165) is 12.8 Å². The highest BCUT2D eigenvalue weighted by Gasteiger charge is 2.18. The maximum atomic E-state index is 8.72. The molecule has 0 aromatic heterocycles. The third kappa shape index (κ3) is 7.34. The molecule has 0 unspecified atom stereocenters. The highest BCUT2D eigenvalue weighted by Crippen LogP contribution is 2.14. The Balaban J connectivity index is 1.92. The minimum Gasteiger partial charge on any atom is -0.394 e. The zero-order chi connectivity index (χ0) is 13.1. The van der Waals surface area contributed by atoms with Crippen molar-refractivity contribution in [1.29, 1.82) is 0 Å². The molecule has 0 amide bonds. The van der Waals surface area contributed by atoms with Crippen LogP contribution >= 0.6 is 0 Å². The van der Waals surface area contributed by atoms with Crippen molar-refractivity contribution in [3.05, 3.63) is 0 Å². The van der Waals surface area contributed by atoms with Crippen LogP contribution in [0.1, 0.15) is 58.3 Å². The summed E-state index contributed by atoms with van der Waals surface area (Å²) in [5, 5.41) is 8.72. The van der Waals surface area contributed by atoms with Crippen molar-refractivity contribution < 1.29 is 9.84 Å². The average molecular weight is 257 g/mol. The summed E-state index contributed by atoms with van der Waals surface area (Å²) in [4.78, 5) is 2.57. The van der Waals surface area contributed by atoms with Crippen molar-refractivity contribution in [1.82, 2.24) is 4.90 Å². The van der Waals surface area contributed by atoms with Gasteiger partial charge in [0.15, 0.2) is 0 Å². The van der Waals surface area contributed by atoms with Gasteiger partial charge in [0.25, 0.3) is 0 Å². The normalized spacial score (nSPS) is 18.3. The molecule has 1 fully saturated rings. The highest BCUT2D eigenvalue weighted by molar-refractivity contribution is 4.72. The molecular weight excluding hydrogens is 226 g/mol. The molecule has 0 saturated carbocycles. The second-order valence-electron chi connectivity index (χ2n) is 5.40. The predicted molar refractivity (Wildman–Crippen MR) is 75.9 cm³/mol. The Bertz CT molecular complexity index is 179. The van der Waals surface area contributed by atoms with Gasteiger partial charge in [-0.05, 0) is 25.8 Å². The fourth-order valence-electron chi connectivity index (χ4n) is 2.63. The minimum absolute atomic E-state index is 0.151. The summed E-state index contributed by atoms with van der Waals surface area (Å²) in [5.41, 5.74) is 0. The SMILES string of the molecule is CCCCCCCCN1CCC(OCCO)CC1. The molecule has 108 valence electrons. The van der Waals surface area contributed by atoms with E-state index < -0.39 is 0 Å². The summed E-state index contributed by atoms with van der Waals surface area (Å²) >= 11 is 0. The number of unbranched alkanes of at least 4 members (excludes halogenated alkanes) is 5. The number of nitrogens with zero attached hydrogens (tertiary/aromatic N) is 1. The smallest absolute Gasteiger partial charge is 0.0701 e. The van der Waals surface area contributed by atoms with E-state index in [1.165, 1.54) is 58.2 Å². The van der Waals surface area contributed by atoms with Crippen LogP contribution in [-0.2, 0) is 4.74 Å². The Morgan fingerprint density at radius 3 is 2.39 bits per heavy atom. The lowest BCUT2D eigenvalue weighted by molar-refractivity contribution is -0.00788. The van der Waals surface area contributed by atoms with Crippen molar-refractivity contribution in [2.24, 2.45) is 0 Å². The van der Waals surface area contributed by atoms with Crippen LogP contribution in [0.4, 0.5) is 0 Å². The second-order valence-corrected chi connectivity index (χ2v) is 5.40. The molecule has 1 N–H and O–H groups in total. The van der Waals surface area contributed by atoms with Gasteiger partial charge in [-0.1, -0.05) is 39.0 Å². The summed E-state index contributed by atoms with van der Waals surface area (Å²) in [6.45, 7) is 6.53. The van der Waals surface area contributed by atoms with Crippen LogP contribution in [-0.4, -0.2) is 49.0 Å². The summed E-state index contributed by atoms with van der Waals surface area (Å²) in [5.74, 6) is 0. The summed E-state index contributed by atoms with van der Waals surface area (Å²) < 4.78 is 5.57. The fraction of sp³-hybridized carbons (Fsp3) is 1.00. The van der Waals surface area contributed by atoms with Crippen LogP contribution < -0.4 is 0 Å². The molecule has 0 spiro atoms. The third-order valence-corrected chi connectivity index (χ3v) is 3.81. The van der Waals surface area contributed by atoms with Gasteiger partial charge >= 0.3 is 0 Å². The molecule has 0 atom stereocenters. The van der Waals surface area contributed by atoms with Gasteiger partial charge < -0.3 is 14.7 Å². The third-order valence-electron chi connectivity index (χ3n) is 3.81. The van der Waals surface area contributed by atoms with Crippen LogP contribution in [0.25, 0.3) is 0 Å². The average Bonchev–Trinajstić information content (AvgIpc) is 2.42. The molecule has 1 heterocycles. The molecule has 18 heavy (non-hydrogen) atoms. The number of rotatable bonds is 10. The first-order valence-electron chi connectivity index (χ1n) is 7.81. The number of hydrogen-bond donors (Lipinski definition) is 1. The quantitative estimate of drug-likeness (QED) is 0.611. The second kappa shape index (κ2) is 10.8. The van der Waals surface area contributed by atoms with Crippen molar-refractivity contribution in [3.8, 4) is 0 Å². The maximum Gasteiger partial charge on any atom is 0.0701 e. The van der Waals surface area contributed by atoms with E-state index in [9.17, 15) is 0 Å². The summed E-state index contributed by atoms with van der Waals surface area (Å²) in [6.07, 6.45) is 10.9. The topological polar surface area (TPSA) is 32.7 Å². The molecule has 3 nitrogen and oxygen atoms in total. The zero-order valence-corrected chi connectivity index (χ0v) is 12.1. The highest BCUT2D eigenvalue weighted by atomic mass is 16.5. The molecule has 3 heteroatoms. The Labute approximate surface area is 113 Å². The number of aliphatic hydroxyl groups excluding tert-OH is 1. The predicted octanol–water partition coefficient (Wildman–Crippen LogP) is 2.82. The van der Waals surface area contributed by atoms with E-state index in [2.05, 4.69) is 11.8 Å². The molecule has 1 aliphatic rings. The van der Waals surface area contributed by atoms with Gasteiger partial charge in [-0.3, -0.25) is 0 Å². The lowest BCUT2D eigenvalue weighted by atomic mass is 10.1. The molecule has 0 bridgehead atoms. The first-order valence-corrected chi connectivity index (χ1v) is 7.81. The van der Waals surface area contributed by atoms with Gasteiger partial charge in [0, 0.05) is 13.1 Å². The number of hydrogen-bond acceptors (Lipinski definition) is 3. The van der Waals surface area contributed by atoms with E-state index in [0.29, 0.717) is 12.7 Å². The van der Waals surface area contributed by atoms with Gasteiger partial charge in [-0.25, -0.2) is 0 Å². The number of aliphatic hydroxyl groups is 1. The van der Waals surface area contributed by atoms with Crippen molar-refractivity contribution in [3.63, 3.8) is 0 Å². The lowest BCUT2D eigenvalue weighted by Gasteiger charge is -2.31. The molecule has 0 aromatic rings. The van der Waals surface area contributed by atoms with Gasteiger partial charge in [0.1, 0.15) is 0 Å². The monoisotopic (exact) mass is 257 g/mol. The van der Waals surface area contributed by atoms with E-state index >= 15 is 0 Å². The largest absolute Gasteiger partial charge is 0.394 e. The Morgan fingerprint density at radius 2 is 1.72 bits per heavy atom. The molecule has 1 aliphatic heterocycles. The molecule has 1 rings (SSSR count). The van der Waals surface area contributed by atoms with Gasteiger partial charge in [-0.15, -0.1) is 0 Å². The number of likely N-dealkylation sites (tertiary alicyclic amines) is 1. The van der Waals surface area contributed by atoms with Crippen LogP contribution in [0, 0.1) is 0 Å². The van der Waals surface area contributed by atoms with Crippen LogP contribution in [0.15, 0.2) is 0 Å². The summed E-state index contributed by atoms with van der Waals surface area (Å²) in [7, 11) is 0. The van der Waals surface area contributed by atoms with Gasteiger partial charge in [-0.2, -0.15) is 0 Å².